The largest absolute Gasteiger partial charge is 0.465 e. The van der Waals surface area contributed by atoms with Crippen molar-refractivity contribution in [3.05, 3.63) is 126 Å². The van der Waals surface area contributed by atoms with Gasteiger partial charge in [0.2, 0.25) is 0 Å². The molecule has 0 spiro atoms. The molecule has 180 valence electrons. The molecule has 4 aromatic rings. The van der Waals surface area contributed by atoms with Crippen LogP contribution >= 0.6 is 0 Å². The van der Waals surface area contributed by atoms with E-state index in [1.165, 1.54) is 0 Å². The standard InChI is InChI=1S/C31H28N2O3/c1-22-14-16-24(17-15-22)31(35)33(25-9-4-3-5-10-25)29-21-23(2)32(28-13-7-6-12-27(28)29)30(34)19-18-26-11-8-20-36-26/h3-20,23,29H,21H2,1-2H3/b19-18+/t23-,29-/m1/s1. The lowest BCUT2D eigenvalue weighted by Crippen LogP contribution is -2.47. The first kappa shape index (κ1) is 23.4. The lowest BCUT2D eigenvalue weighted by atomic mass is 9.89. The number of aryl methyl sites for hydroxylation is 1. The van der Waals surface area contributed by atoms with Crippen LogP contribution in [0.15, 0.2) is 108 Å². The Kier molecular flexibility index (Phi) is 6.54. The first-order chi connectivity index (χ1) is 17.5. The monoisotopic (exact) mass is 476 g/mol. The molecule has 0 fully saturated rings. The first-order valence-corrected chi connectivity index (χ1v) is 12.1. The van der Waals surface area contributed by atoms with Gasteiger partial charge in [-0.2, -0.15) is 0 Å². The number of benzene rings is 3. The van der Waals surface area contributed by atoms with Gasteiger partial charge in [0.15, 0.2) is 0 Å². The van der Waals surface area contributed by atoms with Crippen LogP contribution in [-0.4, -0.2) is 17.9 Å². The molecule has 2 heterocycles. The molecule has 1 aliphatic rings. The van der Waals surface area contributed by atoms with Crippen LogP contribution in [-0.2, 0) is 4.79 Å². The van der Waals surface area contributed by atoms with Gasteiger partial charge in [-0.15, -0.1) is 0 Å². The summed E-state index contributed by atoms with van der Waals surface area (Å²) in [5.74, 6) is 0.435. The van der Waals surface area contributed by atoms with E-state index in [4.69, 9.17) is 4.42 Å². The molecule has 0 saturated heterocycles. The summed E-state index contributed by atoms with van der Waals surface area (Å²) in [4.78, 5) is 30.9. The second-order valence-electron chi connectivity index (χ2n) is 9.09. The van der Waals surface area contributed by atoms with Crippen molar-refractivity contribution in [3.63, 3.8) is 0 Å². The van der Waals surface area contributed by atoms with Gasteiger partial charge < -0.3 is 14.2 Å². The molecule has 0 unspecified atom stereocenters. The molecule has 0 aliphatic carbocycles. The van der Waals surface area contributed by atoms with E-state index in [2.05, 4.69) is 0 Å². The van der Waals surface area contributed by atoms with Gasteiger partial charge in [0.05, 0.1) is 12.3 Å². The number of nitrogens with zero attached hydrogens (tertiary/aromatic N) is 2. The Balaban J connectivity index is 1.55. The molecule has 36 heavy (non-hydrogen) atoms. The fourth-order valence-corrected chi connectivity index (χ4v) is 4.84. The zero-order valence-corrected chi connectivity index (χ0v) is 20.4. The Morgan fingerprint density at radius 3 is 2.36 bits per heavy atom. The average molecular weight is 477 g/mol. The highest BCUT2D eigenvalue weighted by Crippen LogP contribution is 2.42. The minimum absolute atomic E-state index is 0.0642. The smallest absolute Gasteiger partial charge is 0.258 e. The molecule has 0 saturated carbocycles. The number of fused-ring (bicyclic) bond motifs is 1. The molecular weight excluding hydrogens is 448 g/mol. The van der Waals surface area contributed by atoms with Crippen molar-refractivity contribution in [2.75, 3.05) is 9.80 Å². The van der Waals surface area contributed by atoms with Crippen molar-refractivity contribution in [1.29, 1.82) is 0 Å². The maximum Gasteiger partial charge on any atom is 0.258 e. The van der Waals surface area contributed by atoms with Gasteiger partial charge in [0, 0.05) is 29.1 Å². The molecule has 0 bridgehead atoms. The van der Waals surface area contributed by atoms with Crippen molar-refractivity contribution in [2.24, 2.45) is 0 Å². The second kappa shape index (κ2) is 10.1. The van der Waals surface area contributed by atoms with Crippen molar-refractivity contribution >= 4 is 29.3 Å². The zero-order valence-electron chi connectivity index (χ0n) is 20.4. The van der Waals surface area contributed by atoms with E-state index >= 15 is 0 Å². The van der Waals surface area contributed by atoms with Crippen molar-refractivity contribution in [2.45, 2.75) is 32.4 Å². The Morgan fingerprint density at radius 1 is 0.917 bits per heavy atom. The summed E-state index contributed by atoms with van der Waals surface area (Å²) >= 11 is 0. The molecule has 5 rings (SSSR count). The number of anilines is 2. The summed E-state index contributed by atoms with van der Waals surface area (Å²) in [6, 6.07) is 28.5. The average Bonchev–Trinajstić information content (AvgIpc) is 3.42. The maximum absolute atomic E-state index is 13.9. The summed E-state index contributed by atoms with van der Waals surface area (Å²) < 4.78 is 5.34. The van der Waals surface area contributed by atoms with E-state index in [-0.39, 0.29) is 23.9 Å². The highest BCUT2D eigenvalue weighted by atomic mass is 16.3. The van der Waals surface area contributed by atoms with Crippen LogP contribution in [0.2, 0.25) is 0 Å². The van der Waals surface area contributed by atoms with Crippen LogP contribution in [0.4, 0.5) is 11.4 Å². The molecule has 2 atom stereocenters. The predicted molar refractivity (Wildman–Crippen MR) is 143 cm³/mol. The number of furan rings is 1. The van der Waals surface area contributed by atoms with Crippen LogP contribution in [0.3, 0.4) is 0 Å². The van der Waals surface area contributed by atoms with Crippen LogP contribution in [0, 0.1) is 6.92 Å². The molecule has 2 amide bonds. The minimum atomic E-state index is -0.231. The van der Waals surface area contributed by atoms with Gasteiger partial charge in [-0.25, -0.2) is 0 Å². The number of rotatable bonds is 5. The Bertz CT molecular complexity index is 1380. The summed E-state index contributed by atoms with van der Waals surface area (Å²) in [6.45, 7) is 4.04. The fourth-order valence-electron chi connectivity index (χ4n) is 4.84. The van der Waals surface area contributed by atoms with E-state index in [1.807, 2.05) is 109 Å². The Hall–Kier alpha value is -4.38. The Labute approximate surface area is 211 Å². The van der Waals surface area contributed by atoms with Gasteiger partial charge in [-0.05, 0) is 74.4 Å². The van der Waals surface area contributed by atoms with Crippen LogP contribution < -0.4 is 9.80 Å². The Morgan fingerprint density at radius 2 is 1.64 bits per heavy atom. The number of carbonyl (C=O) groups is 2. The van der Waals surface area contributed by atoms with Gasteiger partial charge in [0.25, 0.3) is 11.8 Å². The van der Waals surface area contributed by atoms with Crippen molar-refractivity contribution in [1.82, 2.24) is 0 Å². The second-order valence-corrected chi connectivity index (χ2v) is 9.09. The van der Waals surface area contributed by atoms with Crippen molar-refractivity contribution < 1.29 is 14.0 Å². The fraction of sp³-hybridized carbons (Fsp3) is 0.161. The zero-order chi connectivity index (χ0) is 25.1. The van der Waals surface area contributed by atoms with Gasteiger partial charge in [-0.1, -0.05) is 54.1 Å². The molecule has 0 radical (unpaired) electrons. The highest BCUT2D eigenvalue weighted by molar-refractivity contribution is 6.08. The van der Waals surface area contributed by atoms with Crippen molar-refractivity contribution in [3.8, 4) is 0 Å². The molecule has 0 N–H and O–H groups in total. The molecule has 5 heteroatoms. The van der Waals surface area contributed by atoms with Gasteiger partial charge in [-0.3, -0.25) is 9.59 Å². The summed E-state index contributed by atoms with van der Waals surface area (Å²) in [6.07, 6.45) is 5.40. The van der Waals surface area contributed by atoms with Crippen LogP contribution in [0.5, 0.6) is 0 Å². The highest BCUT2D eigenvalue weighted by Gasteiger charge is 2.38. The lowest BCUT2D eigenvalue weighted by Gasteiger charge is -2.43. The third-order valence-electron chi connectivity index (χ3n) is 6.59. The molecule has 1 aromatic heterocycles. The van der Waals surface area contributed by atoms with Gasteiger partial charge in [0.1, 0.15) is 5.76 Å². The lowest BCUT2D eigenvalue weighted by molar-refractivity contribution is -0.114. The van der Waals surface area contributed by atoms with Crippen LogP contribution in [0.25, 0.3) is 6.08 Å². The number of amides is 2. The molecule has 3 aromatic carbocycles. The third kappa shape index (κ3) is 4.60. The normalized spacial score (nSPS) is 17.1. The first-order valence-electron chi connectivity index (χ1n) is 12.1. The molecule has 5 nitrogen and oxygen atoms in total. The topological polar surface area (TPSA) is 53.8 Å². The number of hydrogen-bond donors (Lipinski definition) is 0. The predicted octanol–water partition coefficient (Wildman–Crippen LogP) is 6.81. The molecule has 1 aliphatic heterocycles. The SMILES string of the molecule is Cc1ccc(C(=O)N(c2ccccc2)[C@@H]2C[C@@H](C)N(C(=O)/C=C/c3ccco3)c3ccccc32)cc1. The van der Waals surface area contributed by atoms with Crippen LogP contribution in [0.1, 0.15) is 46.6 Å². The number of para-hydroxylation sites is 2. The quantitative estimate of drug-likeness (QED) is 0.297. The summed E-state index contributed by atoms with van der Waals surface area (Å²) in [5.41, 5.74) is 4.32. The van der Waals surface area contributed by atoms with Gasteiger partial charge >= 0.3 is 0 Å². The summed E-state index contributed by atoms with van der Waals surface area (Å²) in [5, 5.41) is 0. The number of carbonyl (C=O) groups excluding carboxylic acids is 2. The van der Waals surface area contributed by atoms with E-state index in [0.717, 1.165) is 22.5 Å². The van der Waals surface area contributed by atoms with E-state index in [0.29, 0.717) is 17.7 Å². The van der Waals surface area contributed by atoms with E-state index < -0.39 is 0 Å². The summed E-state index contributed by atoms with van der Waals surface area (Å²) in [7, 11) is 0. The minimum Gasteiger partial charge on any atom is -0.465 e. The van der Waals surface area contributed by atoms with E-state index in [9.17, 15) is 9.59 Å². The van der Waals surface area contributed by atoms with E-state index in [1.54, 1.807) is 24.5 Å². The molecular formula is C31H28N2O3. The third-order valence-corrected chi connectivity index (χ3v) is 6.59. The number of hydrogen-bond acceptors (Lipinski definition) is 3. The maximum atomic E-state index is 13.9.